The van der Waals surface area contributed by atoms with Crippen molar-refractivity contribution in [2.45, 2.75) is 52.4 Å². The van der Waals surface area contributed by atoms with Crippen LogP contribution in [0.1, 0.15) is 50.4 Å². The fourth-order valence-corrected chi connectivity index (χ4v) is 2.84. The summed E-state index contributed by atoms with van der Waals surface area (Å²) < 4.78 is 41.0. The van der Waals surface area contributed by atoms with Crippen molar-refractivity contribution in [1.29, 1.82) is 0 Å². The number of alkyl halides is 3. The van der Waals surface area contributed by atoms with Gasteiger partial charge in [0.05, 0.1) is 5.69 Å². The van der Waals surface area contributed by atoms with Crippen molar-refractivity contribution in [3.05, 3.63) is 17.2 Å². The third-order valence-corrected chi connectivity index (χ3v) is 3.70. The number of imidazole rings is 1. The predicted molar refractivity (Wildman–Crippen MR) is 66.8 cm³/mol. The van der Waals surface area contributed by atoms with Crippen LogP contribution in [0.3, 0.4) is 0 Å². The second-order valence-corrected chi connectivity index (χ2v) is 5.34. The summed E-state index contributed by atoms with van der Waals surface area (Å²) in [6.07, 6.45) is -3.10. The van der Waals surface area contributed by atoms with E-state index in [-0.39, 0.29) is 12.0 Å². The Kier molecular flexibility index (Phi) is 3.90. The number of aromatic nitrogens is 2. The van der Waals surface area contributed by atoms with Crippen LogP contribution >= 0.6 is 0 Å². The Morgan fingerprint density at radius 1 is 1.37 bits per heavy atom. The summed E-state index contributed by atoms with van der Waals surface area (Å²) in [5, 5.41) is 3.08. The molecule has 108 valence electrons. The van der Waals surface area contributed by atoms with E-state index in [2.05, 4.69) is 10.3 Å². The Labute approximate surface area is 111 Å². The summed E-state index contributed by atoms with van der Waals surface area (Å²) in [7, 11) is 0. The predicted octanol–water partition coefficient (Wildman–Crippen LogP) is 3.15. The van der Waals surface area contributed by atoms with E-state index in [1.165, 1.54) is 4.57 Å². The standard InChI is InChI=1S/C13H20F3N3/c1-4-10(8(2)3)19-11-5-6-17-7-9(11)18-12(19)13(14,15)16/h8,10,17H,4-7H2,1-3H3. The Bertz CT molecular complexity index is 449. The van der Waals surface area contributed by atoms with Gasteiger partial charge in [-0.1, -0.05) is 20.8 Å². The van der Waals surface area contributed by atoms with E-state index in [9.17, 15) is 13.2 Å². The lowest BCUT2D eigenvalue weighted by Gasteiger charge is -2.27. The Morgan fingerprint density at radius 3 is 2.58 bits per heavy atom. The first-order valence-corrected chi connectivity index (χ1v) is 6.74. The van der Waals surface area contributed by atoms with Crippen molar-refractivity contribution in [1.82, 2.24) is 14.9 Å². The lowest BCUT2D eigenvalue weighted by atomic mass is 10.00. The minimum Gasteiger partial charge on any atom is -0.321 e. The number of fused-ring (bicyclic) bond motifs is 1. The van der Waals surface area contributed by atoms with Gasteiger partial charge in [0, 0.05) is 31.2 Å². The summed E-state index contributed by atoms with van der Waals surface area (Å²) in [5.74, 6) is -0.582. The summed E-state index contributed by atoms with van der Waals surface area (Å²) >= 11 is 0. The number of halogens is 3. The summed E-state index contributed by atoms with van der Waals surface area (Å²) in [6, 6.07) is -0.147. The maximum Gasteiger partial charge on any atom is 0.449 e. The molecule has 3 nitrogen and oxygen atoms in total. The van der Waals surface area contributed by atoms with Crippen molar-refractivity contribution in [2.24, 2.45) is 5.92 Å². The number of hydrogen-bond acceptors (Lipinski definition) is 2. The molecule has 19 heavy (non-hydrogen) atoms. The van der Waals surface area contributed by atoms with Crippen LogP contribution in [0.4, 0.5) is 13.2 Å². The Morgan fingerprint density at radius 2 is 2.05 bits per heavy atom. The quantitative estimate of drug-likeness (QED) is 0.918. The molecule has 0 saturated carbocycles. The molecule has 1 atom stereocenters. The molecule has 1 aliphatic heterocycles. The smallest absolute Gasteiger partial charge is 0.321 e. The molecule has 0 fully saturated rings. The van der Waals surface area contributed by atoms with Crippen molar-refractivity contribution in [2.75, 3.05) is 6.54 Å². The fraction of sp³-hybridized carbons (Fsp3) is 0.769. The molecule has 0 saturated heterocycles. The van der Waals surface area contributed by atoms with Gasteiger partial charge in [0.25, 0.3) is 0 Å². The average Bonchev–Trinajstić information content (AvgIpc) is 2.69. The third kappa shape index (κ3) is 2.63. The van der Waals surface area contributed by atoms with Crippen molar-refractivity contribution < 1.29 is 13.2 Å². The van der Waals surface area contributed by atoms with Gasteiger partial charge in [-0.15, -0.1) is 0 Å². The number of nitrogens with zero attached hydrogens (tertiary/aromatic N) is 2. The minimum atomic E-state index is -4.39. The number of rotatable bonds is 3. The summed E-state index contributed by atoms with van der Waals surface area (Å²) in [4.78, 5) is 3.85. The van der Waals surface area contributed by atoms with Gasteiger partial charge in [-0.05, 0) is 12.3 Å². The molecule has 1 aromatic heterocycles. The second kappa shape index (κ2) is 5.15. The lowest BCUT2D eigenvalue weighted by molar-refractivity contribution is -0.148. The molecule has 1 unspecified atom stereocenters. The van der Waals surface area contributed by atoms with E-state index in [1.54, 1.807) is 0 Å². The van der Waals surface area contributed by atoms with E-state index in [0.717, 1.165) is 5.69 Å². The molecule has 0 aromatic carbocycles. The van der Waals surface area contributed by atoms with Gasteiger partial charge in [0.1, 0.15) is 0 Å². The molecule has 2 rings (SSSR count). The Balaban J connectivity index is 2.58. The SMILES string of the molecule is CCC(C(C)C)n1c(C(F)(F)F)nc2c1CCNC2. The van der Waals surface area contributed by atoms with Gasteiger partial charge in [-0.2, -0.15) is 13.2 Å². The molecular formula is C13H20F3N3. The molecule has 0 bridgehead atoms. The number of hydrogen-bond donors (Lipinski definition) is 1. The highest BCUT2D eigenvalue weighted by atomic mass is 19.4. The van der Waals surface area contributed by atoms with Gasteiger partial charge < -0.3 is 9.88 Å². The fourth-order valence-electron chi connectivity index (χ4n) is 2.84. The van der Waals surface area contributed by atoms with Gasteiger partial charge in [-0.3, -0.25) is 0 Å². The first kappa shape index (κ1) is 14.4. The van der Waals surface area contributed by atoms with Crippen molar-refractivity contribution in [3.63, 3.8) is 0 Å². The van der Waals surface area contributed by atoms with Gasteiger partial charge in [-0.25, -0.2) is 4.98 Å². The van der Waals surface area contributed by atoms with E-state index >= 15 is 0 Å². The van der Waals surface area contributed by atoms with E-state index in [1.807, 2.05) is 20.8 Å². The largest absolute Gasteiger partial charge is 0.449 e. The molecule has 0 amide bonds. The van der Waals surface area contributed by atoms with Crippen LogP contribution in [0.25, 0.3) is 0 Å². The van der Waals surface area contributed by atoms with E-state index in [0.29, 0.717) is 31.6 Å². The van der Waals surface area contributed by atoms with Crippen LogP contribution in [-0.2, 0) is 19.1 Å². The zero-order valence-corrected chi connectivity index (χ0v) is 11.5. The van der Waals surface area contributed by atoms with Crippen LogP contribution < -0.4 is 5.32 Å². The van der Waals surface area contributed by atoms with E-state index in [4.69, 9.17) is 0 Å². The zero-order chi connectivity index (χ0) is 14.2. The van der Waals surface area contributed by atoms with Crippen LogP contribution in [-0.4, -0.2) is 16.1 Å². The van der Waals surface area contributed by atoms with Crippen LogP contribution in [0.15, 0.2) is 0 Å². The molecule has 0 aliphatic carbocycles. The Hall–Kier alpha value is -1.04. The maximum atomic E-state index is 13.2. The molecule has 0 radical (unpaired) electrons. The van der Waals surface area contributed by atoms with Crippen molar-refractivity contribution in [3.8, 4) is 0 Å². The highest BCUT2D eigenvalue weighted by Crippen LogP contribution is 2.36. The van der Waals surface area contributed by atoms with Crippen LogP contribution in [0.5, 0.6) is 0 Å². The van der Waals surface area contributed by atoms with Crippen LogP contribution in [0.2, 0.25) is 0 Å². The molecule has 6 heteroatoms. The lowest BCUT2D eigenvalue weighted by Crippen LogP contribution is -2.28. The maximum absolute atomic E-state index is 13.2. The zero-order valence-electron chi connectivity index (χ0n) is 11.5. The van der Waals surface area contributed by atoms with E-state index < -0.39 is 12.0 Å². The molecule has 0 spiro atoms. The highest BCUT2D eigenvalue weighted by Gasteiger charge is 2.41. The van der Waals surface area contributed by atoms with Gasteiger partial charge >= 0.3 is 6.18 Å². The first-order chi connectivity index (χ1) is 8.86. The highest BCUT2D eigenvalue weighted by molar-refractivity contribution is 5.23. The molecular weight excluding hydrogens is 255 g/mol. The molecule has 1 aromatic rings. The molecule has 2 heterocycles. The average molecular weight is 275 g/mol. The molecule has 1 N–H and O–H groups in total. The van der Waals surface area contributed by atoms with Gasteiger partial charge in [0.2, 0.25) is 5.82 Å². The summed E-state index contributed by atoms with van der Waals surface area (Å²) in [5.41, 5.74) is 1.31. The van der Waals surface area contributed by atoms with Crippen LogP contribution in [0, 0.1) is 5.92 Å². The number of nitrogens with one attached hydrogen (secondary N) is 1. The van der Waals surface area contributed by atoms with Crippen molar-refractivity contribution >= 4 is 0 Å². The first-order valence-electron chi connectivity index (χ1n) is 6.74. The topological polar surface area (TPSA) is 29.9 Å². The normalized spacial score (nSPS) is 17.6. The van der Waals surface area contributed by atoms with Gasteiger partial charge in [0.15, 0.2) is 0 Å². The minimum absolute atomic E-state index is 0.147. The second-order valence-electron chi connectivity index (χ2n) is 5.34. The third-order valence-electron chi connectivity index (χ3n) is 3.70. The molecule has 1 aliphatic rings. The monoisotopic (exact) mass is 275 g/mol. The summed E-state index contributed by atoms with van der Waals surface area (Å²) in [6.45, 7) is 6.99.